The van der Waals surface area contributed by atoms with Crippen molar-refractivity contribution in [2.45, 2.75) is 49.3 Å². The number of alkyl halides is 3. The van der Waals surface area contributed by atoms with Gasteiger partial charge in [-0.05, 0) is 55.6 Å². The normalized spacial score (nSPS) is 16.0. The maximum atomic E-state index is 12.9. The number of carbonyl (C=O) groups is 1. The van der Waals surface area contributed by atoms with E-state index in [-0.39, 0.29) is 16.8 Å². The van der Waals surface area contributed by atoms with Crippen molar-refractivity contribution < 1.29 is 26.4 Å². The summed E-state index contributed by atoms with van der Waals surface area (Å²) in [7, 11) is -2.13. The molecule has 0 unspecified atom stereocenters. The summed E-state index contributed by atoms with van der Waals surface area (Å²) in [6.45, 7) is 1.84. The third kappa shape index (κ3) is 7.28. The highest BCUT2D eigenvalue weighted by molar-refractivity contribution is 7.89. The van der Waals surface area contributed by atoms with Gasteiger partial charge in [0.15, 0.2) is 0 Å². The Bertz CT molecular complexity index is 1050. The first-order valence-electron chi connectivity index (χ1n) is 10.8. The van der Waals surface area contributed by atoms with Gasteiger partial charge in [0.05, 0.1) is 10.5 Å². The summed E-state index contributed by atoms with van der Waals surface area (Å²) in [6.07, 6.45) is -2.08. The number of likely N-dealkylation sites (tertiary alicyclic amines) is 1. The minimum atomic E-state index is -4.35. The average Bonchev–Trinajstić information content (AvgIpc) is 2.79. The molecule has 10 heteroatoms. The van der Waals surface area contributed by atoms with Gasteiger partial charge in [0.2, 0.25) is 15.9 Å². The van der Waals surface area contributed by atoms with E-state index in [0.29, 0.717) is 38.0 Å². The molecule has 6 nitrogen and oxygen atoms in total. The van der Waals surface area contributed by atoms with Crippen LogP contribution in [0, 0.1) is 0 Å². The summed E-state index contributed by atoms with van der Waals surface area (Å²) < 4.78 is 64.4. The largest absolute Gasteiger partial charge is 0.416 e. The van der Waals surface area contributed by atoms with Crippen molar-refractivity contribution in [2.75, 3.05) is 20.1 Å². The van der Waals surface area contributed by atoms with Crippen LogP contribution in [0.15, 0.2) is 53.4 Å². The predicted octanol–water partition coefficient (Wildman–Crippen LogP) is 3.33. The van der Waals surface area contributed by atoms with Crippen LogP contribution in [-0.2, 0) is 34.0 Å². The van der Waals surface area contributed by atoms with Crippen LogP contribution in [0.2, 0.25) is 0 Å². The van der Waals surface area contributed by atoms with E-state index in [1.165, 1.54) is 31.3 Å². The number of amides is 1. The van der Waals surface area contributed by atoms with Crippen molar-refractivity contribution >= 4 is 15.9 Å². The van der Waals surface area contributed by atoms with Gasteiger partial charge < -0.3 is 5.32 Å². The second kappa shape index (κ2) is 10.7. The third-order valence-electron chi connectivity index (χ3n) is 5.76. The fourth-order valence-electron chi connectivity index (χ4n) is 3.85. The number of hydrogen-bond acceptors (Lipinski definition) is 4. The van der Waals surface area contributed by atoms with Crippen LogP contribution < -0.4 is 10.0 Å². The highest BCUT2D eigenvalue weighted by atomic mass is 32.2. The molecule has 0 saturated carbocycles. The van der Waals surface area contributed by atoms with Gasteiger partial charge in [-0.15, -0.1) is 0 Å². The van der Waals surface area contributed by atoms with Gasteiger partial charge in [0, 0.05) is 32.1 Å². The molecule has 33 heavy (non-hydrogen) atoms. The maximum absolute atomic E-state index is 12.9. The van der Waals surface area contributed by atoms with Crippen molar-refractivity contribution in [1.29, 1.82) is 0 Å². The fourth-order valence-corrected chi connectivity index (χ4v) is 4.58. The van der Waals surface area contributed by atoms with E-state index in [4.69, 9.17) is 0 Å². The molecule has 0 bridgehead atoms. The zero-order valence-electron chi connectivity index (χ0n) is 18.4. The molecule has 180 valence electrons. The lowest BCUT2D eigenvalue weighted by atomic mass is 10.0. The molecule has 1 aliphatic rings. The van der Waals surface area contributed by atoms with Crippen molar-refractivity contribution in [3.05, 3.63) is 65.2 Å². The van der Waals surface area contributed by atoms with Crippen molar-refractivity contribution in [3.63, 3.8) is 0 Å². The zero-order valence-corrected chi connectivity index (χ0v) is 19.2. The smallest absolute Gasteiger partial charge is 0.353 e. The van der Waals surface area contributed by atoms with E-state index in [9.17, 15) is 26.4 Å². The van der Waals surface area contributed by atoms with Crippen LogP contribution in [-0.4, -0.2) is 45.4 Å². The summed E-state index contributed by atoms with van der Waals surface area (Å²) >= 11 is 0. The number of carbonyl (C=O) groups excluding carboxylic acids is 1. The second-order valence-corrected chi connectivity index (χ2v) is 10.1. The predicted molar refractivity (Wildman–Crippen MR) is 119 cm³/mol. The van der Waals surface area contributed by atoms with Gasteiger partial charge in [-0.1, -0.05) is 30.3 Å². The molecule has 0 aliphatic carbocycles. The Morgan fingerprint density at radius 2 is 1.73 bits per heavy atom. The van der Waals surface area contributed by atoms with E-state index >= 15 is 0 Å². The Kier molecular flexibility index (Phi) is 8.14. The van der Waals surface area contributed by atoms with Crippen LogP contribution in [0.25, 0.3) is 0 Å². The molecule has 0 spiro atoms. The Labute approximate surface area is 192 Å². The molecule has 1 fully saturated rings. The zero-order chi connectivity index (χ0) is 24.1. The van der Waals surface area contributed by atoms with E-state index in [0.717, 1.165) is 24.5 Å². The number of benzene rings is 2. The fraction of sp³-hybridized carbons (Fsp3) is 0.435. The molecule has 2 aromatic rings. The van der Waals surface area contributed by atoms with Crippen LogP contribution in [0.1, 0.15) is 36.0 Å². The van der Waals surface area contributed by atoms with Gasteiger partial charge in [-0.25, -0.2) is 13.1 Å². The first kappa shape index (κ1) is 25.2. The Balaban J connectivity index is 1.41. The summed E-state index contributed by atoms with van der Waals surface area (Å²) in [4.78, 5) is 14.6. The van der Waals surface area contributed by atoms with Crippen LogP contribution in [0.3, 0.4) is 0 Å². The topological polar surface area (TPSA) is 78.5 Å². The lowest BCUT2D eigenvalue weighted by molar-refractivity contribution is -0.137. The number of nitrogens with zero attached hydrogens (tertiary/aromatic N) is 1. The Morgan fingerprint density at radius 1 is 1.06 bits per heavy atom. The second-order valence-electron chi connectivity index (χ2n) is 8.17. The number of halogens is 3. The van der Waals surface area contributed by atoms with Crippen molar-refractivity contribution in [3.8, 4) is 0 Å². The van der Waals surface area contributed by atoms with Crippen molar-refractivity contribution in [2.24, 2.45) is 0 Å². The molecule has 2 N–H and O–H groups in total. The molecule has 0 aromatic heterocycles. The molecule has 0 atom stereocenters. The Morgan fingerprint density at radius 3 is 2.33 bits per heavy atom. The summed E-state index contributed by atoms with van der Waals surface area (Å²) in [6, 6.07) is 11.9. The number of rotatable bonds is 8. The number of hydrogen-bond donors (Lipinski definition) is 2. The van der Waals surface area contributed by atoms with Crippen LogP contribution >= 0.6 is 0 Å². The molecule has 2 aromatic carbocycles. The number of sulfonamides is 1. The number of nitrogens with one attached hydrogen (secondary N) is 2. The standard InChI is InChI=1S/C23H28F3N3O3S/c1-27-33(31,32)21-8-5-17(6-9-21)7-10-22(30)28-20-11-13-29(14-12-20)16-18-3-2-4-19(15-18)23(24,25)26/h2-6,8-9,15,20,27H,7,10-14,16H2,1H3,(H,28,30). The third-order valence-corrected chi connectivity index (χ3v) is 7.19. The SMILES string of the molecule is CNS(=O)(=O)c1ccc(CCC(=O)NC2CCN(Cc3cccc(C(F)(F)F)c3)CC2)cc1. The van der Waals surface area contributed by atoms with Gasteiger partial charge in [0.1, 0.15) is 0 Å². The summed E-state index contributed by atoms with van der Waals surface area (Å²) in [5.41, 5.74) is 0.859. The molecule has 1 amide bonds. The summed E-state index contributed by atoms with van der Waals surface area (Å²) in [5, 5.41) is 3.03. The minimum absolute atomic E-state index is 0.0402. The van der Waals surface area contributed by atoms with Gasteiger partial charge >= 0.3 is 6.18 Å². The molecule has 3 rings (SSSR count). The van der Waals surface area contributed by atoms with Crippen LogP contribution in [0.5, 0.6) is 0 Å². The van der Waals surface area contributed by atoms with Crippen LogP contribution in [0.4, 0.5) is 13.2 Å². The first-order chi connectivity index (χ1) is 15.6. The monoisotopic (exact) mass is 483 g/mol. The Hall–Kier alpha value is -2.43. The maximum Gasteiger partial charge on any atom is 0.416 e. The van der Waals surface area contributed by atoms with Gasteiger partial charge in [-0.3, -0.25) is 9.69 Å². The molecule has 1 aliphatic heterocycles. The van der Waals surface area contributed by atoms with E-state index in [1.54, 1.807) is 18.2 Å². The van der Waals surface area contributed by atoms with Gasteiger partial charge in [-0.2, -0.15) is 13.2 Å². The molecule has 0 radical (unpaired) electrons. The minimum Gasteiger partial charge on any atom is -0.353 e. The lowest BCUT2D eigenvalue weighted by Crippen LogP contribution is -2.44. The van der Waals surface area contributed by atoms with Crippen molar-refractivity contribution in [1.82, 2.24) is 14.9 Å². The van der Waals surface area contributed by atoms with E-state index < -0.39 is 21.8 Å². The summed E-state index contributed by atoms with van der Waals surface area (Å²) in [5.74, 6) is -0.0711. The average molecular weight is 484 g/mol. The quantitative estimate of drug-likeness (QED) is 0.604. The first-order valence-corrected chi connectivity index (χ1v) is 12.3. The van der Waals surface area contributed by atoms with E-state index in [2.05, 4.69) is 14.9 Å². The number of aryl methyl sites for hydroxylation is 1. The highest BCUT2D eigenvalue weighted by Crippen LogP contribution is 2.30. The molecular formula is C23H28F3N3O3S. The van der Waals surface area contributed by atoms with E-state index in [1.807, 2.05) is 0 Å². The molecule has 1 heterocycles. The molecule has 1 saturated heterocycles. The number of piperidine rings is 1. The molecular weight excluding hydrogens is 455 g/mol. The lowest BCUT2D eigenvalue weighted by Gasteiger charge is -2.32. The van der Waals surface area contributed by atoms with Gasteiger partial charge in [0.25, 0.3) is 0 Å². The highest BCUT2D eigenvalue weighted by Gasteiger charge is 2.30.